The van der Waals surface area contributed by atoms with Gasteiger partial charge in [-0.05, 0) is 31.2 Å². The molecule has 11 heteroatoms. The summed E-state index contributed by atoms with van der Waals surface area (Å²) in [5.41, 5.74) is 2.10. The zero-order chi connectivity index (χ0) is 22.0. The SMILES string of the molecule is O=C([C@H]1C[C@H]1CO)N1C2CCC1CN(c1ncnn3cc(-c4cnn(C(F)F)c4)cc13)C2. The van der Waals surface area contributed by atoms with Crippen molar-refractivity contribution in [3.05, 3.63) is 31.0 Å². The molecule has 1 aliphatic carbocycles. The van der Waals surface area contributed by atoms with Gasteiger partial charge in [0.2, 0.25) is 5.91 Å². The van der Waals surface area contributed by atoms with Crippen LogP contribution in [0.4, 0.5) is 14.6 Å². The molecule has 1 saturated carbocycles. The minimum atomic E-state index is -2.69. The summed E-state index contributed by atoms with van der Waals surface area (Å²) in [6.45, 7) is -1.23. The van der Waals surface area contributed by atoms with Gasteiger partial charge in [-0.25, -0.2) is 14.2 Å². The van der Waals surface area contributed by atoms with E-state index in [1.807, 2.05) is 6.07 Å². The number of hydrogen-bond donors (Lipinski definition) is 1. The van der Waals surface area contributed by atoms with E-state index >= 15 is 0 Å². The number of piperazine rings is 1. The molecular weight excluding hydrogens is 420 g/mol. The molecule has 2 bridgehead atoms. The molecule has 1 N–H and O–H groups in total. The Bertz CT molecular complexity index is 1160. The Balaban J connectivity index is 1.27. The highest BCUT2D eigenvalue weighted by molar-refractivity contribution is 5.83. The van der Waals surface area contributed by atoms with Crippen LogP contribution in [0.2, 0.25) is 0 Å². The second kappa shape index (κ2) is 7.22. The van der Waals surface area contributed by atoms with E-state index in [0.29, 0.717) is 23.3 Å². The highest BCUT2D eigenvalue weighted by Gasteiger charge is 2.51. The summed E-state index contributed by atoms with van der Waals surface area (Å²) in [7, 11) is 0. The van der Waals surface area contributed by atoms with E-state index < -0.39 is 6.55 Å². The topological polar surface area (TPSA) is 91.8 Å². The maximum absolute atomic E-state index is 13.0. The van der Waals surface area contributed by atoms with E-state index in [4.69, 9.17) is 0 Å². The Morgan fingerprint density at radius 1 is 1.16 bits per heavy atom. The minimum Gasteiger partial charge on any atom is -0.396 e. The van der Waals surface area contributed by atoms with Crippen LogP contribution in [0, 0.1) is 11.8 Å². The Labute approximate surface area is 182 Å². The van der Waals surface area contributed by atoms with Crippen molar-refractivity contribution in [3.63, 3.8) is 0 Å². The summed E-state index contributed by atoms with van der Waals surface area (Å²) in [4.78, 5) is 21.7. The zero-order valence-corrected chi connectivity index (χ0v) is 17.3. The summed E-state index contributed by atoms with van der Waals surface area (Å²) in [5, 5.41) is 17.3. The van der Waals surface area contributed by atoms with Gasteiger partial charge in [0, 0.05) is 61.2 Å². The van der Waals surface area contributed by atoms with Gasteiger partial charge in [-0.2, -0.15) is 19.0 Å². The van der Waals surface area contributed by atoms with Crippen LogP contribution in [0.25, 0.3) is 16.6 Å². The van der Waals surface area contributed by atoms with Crippen LogP contribution in [0.3, 0.4) is 0 Å². The normalized spacial score (nSPS) is 27.0. The van der Waals surface area contributed by atoms with Crippen molar-refractivity contribution < 1.29 is 18.7 Å². The van der Waals surface area contributed by atoms with Crippen molar-refractivity contribution in [2.24, 2.45) is 11.8 Å². The van der Waals surface area contributed by atoms with Crippen LogP contribution in [-0.2, 0) is 4.79 Å². The molecule has 2 saturated heterocycles. The van der Waals surface area contributed by atoms with Crippen LogP contribution < -0.4 is 4.90 Å². The molecule has 2 aliphatic heterocycles. The first kappa shape index (κ1) is 19.6. The average Bonchev–Trinajstić information content (AvgIpc) is 3.09. The fraction of sp³-hybridized carbons (Fsp3) is 0.524. The number of alkyl halides is 2. The molecule has 2 unspecified atom stereocenters. The highest BCUT2D eigenvalue weighted by Crippen LogP contribution is 2.43. The maximum atomic E-state index is 13.0. The van der Waals surface area contributed by atoms with E-state index in [1.54, 1.807) is 10.7 Å². The lowest BCUT2D eigenvalue weighted by Crippen LogP contribution is -2.56. The van der Waals surface area contributed by atoms with Gasteiger partial charge in [0.05, 0.1) is 6.20 Å². The van der Waals surface area contributed by atoms with Gasteiger partial charge in [0.25, 0.3) is 0 Å². The average molecular weight is 443 g/mol. The Morgan fingerprint density at radius 2 is 1.94 bits per heavy atom. The van der Waals surface area contributed by atoms with Crippen molar-refractivity contribution >= 4 is 17.2 Å². The first-order chi connectivity index (χ1) is 15.5. The van der Waals surface area contributed by atoms with Gasteiger partial charge in [-0.3, -0.25) is 4.79 Å². The first-order valence-electron chi connectivity index (χ1n) is 10.9. The lowest BCUT2D eigenvalue weighted by molar-refractivity contribution is -0.136. The third-order valence-electron chi connectivity index (χ3n) is 7.03. The summed E-state index contributed by atoms with van der Waals surface area (Å²) >= 11 is 0. The molecule has 0 aromatic carbocycles. The molecule has 1 amide bonds. The number of rotatable bonds is 5. The molecular formula is C21H23F2N7O2. The minimum absolute atomic E-state index is 0.0252. The quantitative estimate of drug-likeness (QED) is 0.647. The van der Waals surface area contributed by atoms with Crippen LogP contribution in [0.1, 0.15) is 25.8 Å². The molecule has 6 rings (SSSR count). The van der Waals surface area contributed by atoms with Gasteiger partial charge >= 0.3 is 6.55 Å². The molecule has 4 atom stereocenters. The van der Waals surface area contributed by atoms with Gasteiger partial charge in [-0.15, -0.1) is 0 Å². The van der Waals surface area contributed by atoms with E-state index in [9.17, 15) is 18.7 Å². The molecule has 9 nitrogen and oxygen atoms in total. The van der Waals surface area contributed by atoms with Crippen LogP contribution in [0.15, 0.2) is 31.0 Å². The largest absolute Gasteiger partial charge is 0.396 e. The third kappa shape index (κ3) is 3.06. The molecule has 5 heterocycles. The molecule has 0 radical (unpaired) electrons. The molecule has 3 fully saturated rings. The Kier molecular flexibility index (Phi) is 4.42. The molecule has 3 aliphatic rings. The third-order valence-corrected chi connectivity index (χ3v) is 7.03. The fourth-order valence-electron chi connectivity index (χ4n) is 5.29. The Hall–Kier alpha value is -3.08. The molecule has 168 valence electrons. The predicted molar refractivity (Wildman–Crippen MR) is 110 cm³/mol. The summed E-state index contributed by atoms with van der Waals surface area (Å²) < 4.78 is 28.1. The number of hydrogen-bond acceptors (Lipinski definition) is 6. The van der Waals surface area contributed by atoms with E-state index in [-0.39, 0.29) is 36.4 Å². The van der Waals surface area contributed by atoms with Crippen molar-refractivity contribution in [3.8, 4) is 11.1 Å². The molecule has 3 aromatic rings. The molecule has 32 heavy (non-hydrogen) atoms. The van der Waals surface area contributed by atoms with Gasteiger partial charge in [-0.1, -0.05) is 0 Å². The van der Waals surface area contributed by atoms with Gasteiger partial charge in [0.1, 0.15) is 11.8 Å². The van der Waals surface area contributed by atoms with Gasteiger partial charge in [0.15, 0.2) is 5.82 Å². The standard InChI is InChI=1S/C21H23F2N7O2/c22-21(23)29-7-14(5-25-29)12-4-18-19(24-11-26-28(18)6-12)27-8-15-1-2-16(9-27)30(15)20(32)17-3-13(17)10-31/h4-7,11,13,15-17,21,31H,1-3,8-10H2/t13-,15?,16?,17-/m0/s1. The number of anilines is 1. The van der Waals surface area contributed by atoms with Crippen LogP contribution in [-0.4, -0.2) is 72.1 Å². The highest BCUT2D eigenvalue weighted by atomic mass is 19.3. The number of aromatic nitrogens is 5. The number of fused-ring (bicyclic) bond motifs is 3. The molecule has 0 spiro atoms. The number of halogens is 2. The number of nitrogens with zero attached hydrogens (tertiary/aromatic N) is 7. The number of carbonyl (C=O) groups is 1. The second-order valence-corrected chi connectivity index (χ2v) is 8.95. The van der Waals surface area contributed by atoms with Crippen molar-refractivity contribution in [1.82, 2.24) is 29.3 Å². The number of amides is 1. The fourth-order valence-corrected chi connectivity index (χ4v) is 5.29. The lowest BCUT2D eigenvalue weighted by atomic mass is 10.1. The van der Waals surface area contributed by atoms with Crippen molar-refractivity contribution in [1.29, 1.82) is 0 Å². The smallest absolute Gasteiger partial charge is 0.333 e. The van der Waals surface area contributed by atoms with Gasteiger partial charge < -0.3 is 14.9 Å². The predicted octanol–water partition coefficient (Wildman–Crippen LogP) is 1.80. The zero-order valence-electron chi connectivity index (χ0n) is 17.3. The van der Waals surface area contributed by atoms with E-state index in [2.05, 4.69) is 25.0 Å². The summed E-state index contributed by atoms with van der Waals surface area (Å²) in [5.74, 6) is 1.05. The molecule has 3 aromatic heterocycles. The van der Waals surface area contributed by atoms with E-state index in [0.717, 1.165) is 36.2 Å². The second-order valence-electron chi connectivity index (χ2n) is 8.95. The van der Waals surface area contributed by atoms with Crippen molar-refractivity contribution in [2.75, 3.05) is 24.6 Å². The Morgan fingerprint density at radius 3 is 2.59 bits per heavy atom. The first-order valence-corrected chi connectivity index (χ1v) is 10.9. The summed E-state index contributed by atoms with van der Waals surface area (Å²) in [6.07, 6.45) is 8.71. The number of aliphatic hydroxyl groups is 1. The van der Waals surface area contributed by atoms with Crippen molar-refractivity contribution in [2.45, 2.75) is 37.9 Å². The van der Waals surface area contributed by atoms with E-state index in [1.165, 1.54) is 18.7 Å². The number of aliphatic hydroxyl groups excluding tert-OH is 1. The maximum Gasteiger partial charge on any atom is 0.333 e. The number of carbonyl (C=O) groups excluding carboxylic acids is 1. The lowest BCUT2D eigenvalue weighted by Gasteiger charge is -2.42. The summed E-state index contributed by atoms with van der Waals surface area (Å²) in [6, 6.07) is 2.15. The monoisotopic (exact) mass is 443 g/mol. The van der Waals surface area contributed by atoms with Crippen LogP contribution in [0.5, 0.6) is 0 Å². The van der Waals surface area contributed by atoms with Crippen LogP contribution >= 0.6 is 0 Å².